The number of anilines is 2. The first-order chi connectivity index (χ1) is 14.3. The first-order valence-corrected chi connectivity index (χ1v) is 9.44. The highest BCUT2D eigenvalue weighted by Gasteiger charge is 2.09. The number of hydrogen-bond acceptors (Lipinski definition) is 4. The summed E-state index contributed by atoms with van der Waals surface area (Å²) in [6.07, 6.45) is 1.60. The number of nitrogens with zero attached hydrogens (tertiary/aromatic N) is 1. The van der Waals surface area contributed by atoms with Gasteiger partial charge in [-0.1, -0.05) is 30.9 Å². The number of carbonyl (C=O) groups is 2. The second-order valence-electron chi connectivity index (χ2n) is 6.98. The quantitative estimate of drug-likeness (QED) is 0.505. The van der Waals surface area contributed by atoms with Crippen molar-refractivity contribution in [1.29, 1.82) is 0 Å². The predicted octanol–water partition coefficient (Wildman–Crippen LogP) is 5.65. The Hall–Kier alpha value is -3.99. The van der Waals surface area contributed by atoms with E-state index >= 15 is 0 Å². The molecule has 0 spiro atoms. The van der Waals surface area contributed by atoms with Gasteiger partial charge in [-0.3, -0.25) is 14.6 Å². The zero-order valence-electron chi connectivity index (χ0n) is 17.0. The number of ketones is 1. The van der Waals surface area contributed by atoms with Gasteiger partial charge in [-0.25, -0.2) is 0 Å². The van der Waals surface area contributed by atoms with Crippen LogP contribution in [0.4, 0.5) is 11.4 Å². The number of hydrogen-bond donors (Lipinski definition) is 2. The number of rotatable bonds is 7. The molecule has 0 unspecified atom stereocenters. The molecular weight excluding hydrogens is 374 g/mol. The summed E-state index contributed by atoms with van der Waals surface area (Å²) in [5, 5.41) is 6.00. The number of nitrogens with one attached hydrogen (secondary N) is 2. The van der Waals surface area contributed by atoms with Crippen molar-refractivity contribution >= 4 is 34.3 Å². The molecule has 3 aromatic rings. The van der Waals surface area contributed by atoms with Crippen LogP contribution in [0.1, 0.15) is 45.8 Å². The molecule has 30 heavy (non-hydrogen) atoms. The minimum Gasteiger partial charge on any atom is -0.355 e. The lowest BCUT2D eigenvalue weighted by Gasteiger charge is -2.11. The Morgan fingerprint density at radius 1 is 0.733 bits per heavy atom. The molecule has 2 aromatic carbocycles. The summed E-state index contributed by atoms with van der Waals surface area (Å²) in [5.74, 6) is -0.350. The van der Waals surface area contributed by atoms with Gasteiger partial charge in [-0.2, -0.15) is 0 Å². The van der Waals surface area contributed by atoms with E-state index in [4.69, 9.17) is 0 Å². The van der Waals surface area contributed by atoms with Gasteiger partial charge < -0.3 is 10.6 Å². The van der Waals surface area contributed by atoms with E-state index in [1.165, 1.54) is 6.92 Å². The van der Waals surface area contributed by atoms with Crippen molar-refractivity contribution in [2.45, 2.75) is 13.8 Å². The van der Waals surface area contributed by atoms with Crippen LogP contribution >= 0.6 is 0 Å². The Kier molecular flexibility index (Phi) is 6.23. The lowest BCUT2D eigenvalue weighted by Crippen LogP contribution is -2.14. The average molecular weight is 397 g/mol. The number of benzene rings is 2. The van der Waals surface area contributed by atoms with Crippen molar-refractivity contribution < 1.29 is 9.59 Å². The number of Topliss-reactive ketones (excluding diaryl/α,β-unsaturated/α-hetero) is 1. The van der Waals surface area contributed by atoms with Crippen LogP contribution in [0.25, 0.3) is 11.3 Å². The topological polar surface area (TPSA) is 71.1 Å². The lowest BCUT2D eigenvalue weighted by atomic mass is 10.1. The summed E-state index contributed by atoms with van der Waals surface area (Å²) in [4.78, 5) is 28.0. The van der Waals surface area contributed by atoms with E-state index in [1.807, 2.05) is 31.2 Å². The van der Waals surface area contributed by atoms with Crippen molar-refractivity contribution in [2.24, 2.45) is 0 Å². The Bertz CT molecular complexity index is 1010. The van der Waals surface area contributed by atoms with Crippen LogP contribution in [-0.2, 0) is 0 Å². The maximum Gasteiger partial charge on any atom is 0.274 e. The van der Waals surface area contributed by atoms with E-state index in [-0.39, 0.29) is 17.4 Å². The largest absolute Gasteiger partial charge is 0.355 e. The second-order valence-corrected chi connectivity index (χ2v) is 6.98. The van der Waals surface area contributed by atoms with Crippen molar-refractivity contribution in [2.75, 3.05) is 10.6 Å². The zero-order chi connectivity index (χ0) is 21.7. The van der Waals surface area contributed by atoms with Gasteiger partial charge in [-0.05, 0) is 67.9 Å². The van der Waals surface area contributed by atoms with Gasteiger partial charge in [0.1, 0.15) is 5.69 Å². The van der Waals surface area contributed by atoms with E-state index in [9.17, 15) is 9.59 Å². The van der Waals surface area contributed by atoms with Gasteiger partial charge in [0.25, 0.3) is 5.91 Å². The molecule has 2 N–H and O–H groups in total. The number of pyridine rings is 1. The minimum atomic E-state index is -0.328. The molecule has 3 rings (SSSR count). The van der Waals surface area contributed by atoms with Crippen LogP contribution < -0.4 is 10.6 Å². The minimum absolute atomic E-state index is 0.0225. The van der Waals surface area contributed by atoms with Crippen LogP contribution in [0, 0.1) is 0 Å². The maximum atomic E-state index is 12.4. The van der Waals surface area contributed by atoms with Crippen LogP contribution in [0.2, 0.25) is 0 Å². The van der Waals surface area contributed by atoms with Gasteiger partial charge in [0.2, 0.25) is 0 Å². The Balaban J connectivity index is 1.63. The molecule has 0 radical (unpaired) electrons. The molecule has 0 fully saturated rings. The molecular formula is C25H23N3O2. The molecule has 1 amide bonds. The van der Waals surface area contributed by atoms with Crippen LogP contribution in [0.3, 0.4) is 0 Å². The van der Waals surface area contributed by atoms with Crippen molar-refractivity contribution in [3.8, 4) is 0 Å². The SMILES string of the molecule is C=C(C)c1ccc(NC(=C)c2ccc(C(=O)Nc3ccc(C(C)=O)cc3)nc2)cc1. The van der Waals surface area contributed by atoms with Gasteiger partial charge in [-0.15, -0.1) is 0 Å². The van der Waals surface area contributed by atoms with Crippen LogP contribution in [-0.4, -0.2) is 16.7 Å². The van der Waals surface area contributed by atoms with Crippen LogP contribution in [0.5, 0.6) is 0 Å². The maximum absolute atomic E-state index is 12.4. The highest BCUT2D eigenvalue weighted by atomic mass is 16.2. The molecule has 150 valence electrons. The highest BCUT2D eigenvalue weighted by molar-refractivity contribution is 6.03. The summed E-state index contributed by atoms with van der Waals surface area (Å²) in [6, 6.07) is 18.1. The summed E-state index contributed by atoms with van der Waals surface area (Å²) >= 11 is 0. The fourth-order valence-electron chi connectivity index (χ4n) is 2.77. The first kappa shape index (κ1) is 20.7. The Morgan fingerprint density at radius 2 is 1.27 bits per heavy atom. The molecule has 0 atom stereocenters. The van der Waals surface area contributed by atoms with Gasteiger partial charge in [0.05, 0.1) is 0 Å². The standard InChI is InChI=1S/C25H23N3O2/c1-16(2)19-5-10-22(11-6-19)27-17(3)21-9-14-24(26-15-21)25(30)28-23-12-7-20(8-13-23)18(4)29/h5-15,27H,1,3H2,2,4H3,(H,28,30). The van der Waals surface area contributed by atoms with E-state index < -0.39 is 0 Å². The van der Waals surface area contributed by atoms with Gasteiger partial charge in [0.15, 0.2) is 5.78 Å². The smallest absolute Gasteiger partial charge is 0.274 e. The fourth-order valence-corrected chi connectivity index (χ4v) is 2.77. The summed E-state index contributed by atoms with van der Waals surface area (Å²) in [7, 11) is 0. The lowest BCUT2D eigenvalue weighted by molar-refractivity contribution is 0.101. The van der Waals surface area contributed by atoms with E-state index in [2.05, 4.69) is 28.8 Å². The number of carbonyl (C=O) groups excluding carboxylic acids is 2. The number of allylic oxidation sites excluding steroid dienone is 1. The number of amides is 1. The Morgan fingerprint density at radius 3 is 1.77 bits per heavy atom. The monoisotopic (exact) mass is 397 g/mol. The average Bonchev–Trinajstić information content (AvgIpc) is 2.74. The summed E-state index contributed by atoms with van der Waals surface area (Å²) in [5.41, 5.74) is 5.93. The third-order valence-corrected chi connectivity index (χ3v) is 4.57. The third kappa shape index (κ3) is 5.08. The first-order valence-electron chi connectivity index (χ1n) is 9.44. The molecule has 1 heterocycles. The molecule has 0 aliphatic heterocycles. The zero-order valence-corrected chi connectivity index (χ0v) is 17.0. The molecule has 0 bridgehead atoms. The molecule has 0 aliphatic carbocycles. The molecule has 0 saturated carbocycles. The Labute approximate surface area is 176 Å². The van der Waals surface area contributed by atoms with Gasteiger partial charge >= 0.3 is 0 Å². The molecule has 0 saturated heterocycles. The van der Waals surface area contributed by atoms with E-state index in [1.54, 1.807) is 42.6 Å². The summed E-state index contributed by atoms with van der Waals surface area (Å²) < 4.78 is 0. The van der Waals surface area contributed by atoms with Crippen molar-refractivity contribution in [3.63, 3.8) is 0 Å². The second kappa shape index (κ2) is 9.01. The summed E-state index contributed by atoms with van der Waals surface area (Å²) in [6.45, 7) is 11.4. The normalized spacial score (nSPS) is 10.2. The van der Waals surface area contributed by atoms with E-state index in [0.29, 0.717) is 16.9 Å². The fraction of sp³-hybridized carbons (Fsp3) is 0.0800. The van der Waals surface area contributed by atoms with Crippen LogP contribution in [0.15, 0.2) is 80.0 Å². The van der Waals surface area contributed by atoms with Gasteiger partial charge in [0, 0.05) is 34.4 Å². The highest BCUT2D eigenvalue weighted by Crippen LogP contribution is 2.20. The molecule has 5 nitrogen and oxygen atoms in total. The predicted molar refractivity (Wildman–Crippen MR) is 122 cm³/mol. The molecule has 5 heteroatoms. The third-order valence-electron chi connectivity index (χ3n) is 4.57. The van der Waals surface area contributed by atoms with Crippen molar-refractivity contribution in [3.05, 3.63) is 102 Å². The molecule has 1 aromatic heterocycles. The molecule has 0 aliphatic rings. The number of aromatic nitrogens is 1. The van der Waals surface area contributed by atoms with E-state index in [0.717, 1.165) is 22.4 Å². The van der Waals surface area contributed by atoms with Crippen molar-refractivity contribution in [1.82, 2.24) is 4.98 Å².